The first kappa shape index (κ1) is 29.4. The normalized spacial score (nSPS) is 18.3. The summed E-state index contributed by atoms with van der Waals surface area (Å²) < 4.78 is 11.0. The van der Waals surface area contributed by atoms with Crippen molar-refractivity contribution in [3.63, 3.8) is 0 Å². The van der Waals surface area contributed by atoms with Crippen molar-refractivity contribution >= 4 is 5.91 Å². The number of morpholine rings is 1. The maximum Gasteiger partial charge on any atom is 0.219 e. The molecule has 31 heavy (non-hydrogen) atoms. The van der Waals surface area contributed by atoms with Gasteiger partial charge in [-0.05, 0) is 49.8 Å². The molecule has 1 aromatic carbocycles. The maximum absolute atomic E-state index is 10.9. The lowest BCUT2D eigenvalue weighted by molar-refractivity contribution is -0.130. The van der Waals surface area contributed by atoms with Crippen LogP contribution in [0.5, 0.6) is 5.75 Å². The van der Waals surface area contributed by atoms with Crippen LogP contribution in [0.25, 0.3) is 0 Å². The van der Waals surface area contributed by atoms with Crippen molar-refractivity contribution in [2.75, 3.05) is 52.5 Å². The van der Waals surface area contributed by atoms with Crippen LogP contribution < -0.4 is 4.74 Å². The molecule has 5 heteroatoms. The number of nitrogens with zero attached hydrogens (tertiary/aromatic N) is 2. The van der Waals surface area contributed by atoms with E-state index in [-0.39, 0.29) is 5.91 Å². The van der Waals surface area contributed by atoms with Crippen LogP contribution in [-0.2, 0) is 9.53 Å². The molecule has 1 unspecified atom stereocenters. The zero-order chi connectivity index (χ0) is 23.5. The van der Waals surface area contributed by atoms with Gasteiger partial charge in [-0.25, -0.2) is 0 Å². The van der Waals surface area contributed by atoms with Crippen LogP contribution in [0.15, 0.2) is 24.3 Å². The molecular weight excluding hydrogens is 388 g/mol. The fraction of sp³-hybridized carbons (Fsp3) is 0.731. The van der Waals surface area contributed by atoms with Crippen molar-refractivity contribution in [1.82, 2.24) is 9.80 Å². The van der Waals surface area contributed by atoms with E-state index >= 15 is 0 Å². The quantitative estimate of drug-likeness (QED) is 0.579. The van der Waals surface area contributed by atoms with Gasteiger partial charge in [-0.3, -0.25) is 9.69 Å². The third kappa shape index (κ3) is 14.2. The SMILES string of the molecule is CC.CC.CC(=O)N1CCCC(C)C1.Cc1cccc(OCCCN2CCOCC2)c1. The second kappa shape index (κ2) is 19.1. The summed E-state index contributed by atoms with van der Waals surface area (Å²) in [7, 11) is 0. The first-order valence-corrected chi connectivity index (χ1v) is 12.3. The molecule has 0 aromatic heterocycles. The van der Waals surface area contributed by atoms with Crippen LogP contribution in [0.2, 0.25) is 0 Å². The molecule has 2 aliphatic rings. The Morgan fingerprint density at radius 2 is 1.81 bits per heavy atom. The number of carbonyl (C=O) groups is 1. The number of benzene rings is 1. The number of likely N-dealkylation sites (tertiary alicyclic amines) is 1. The van der Waals surface area contributed by atoms with Crippen molar-refractivity contribution in [3.8, 4) is 5.75 Å². The smallest absolute Gasteiger partial charge is 0.219 e. The molecule has 1 atom stereocenters. The van der Waals surface area contributed by atoms with Gasteiger partial charge in [-0.2, -0.15) is 0 Å². The Morgan fingerprint density at radius 3 is 2.35 bits per heavy atom. The van der Waals surface area contributed by atoms with Gasteiger partial charge in [0, 0.05) is 39.6 Å². The molecule has 3 rings (SSSR count). The van der Waals surface area contributed by atoms with E-state index in [9.17, 15) is 4.79 Å². The number of rotatable bonds is 5. The molecule has 0 saturated carbocycles. The van der Waals surface area contributed by atoms with Gasteiger partial charge in [0.05, 0.1) is 19.8 Å². The molecule has 2 saturated heterocycles. The zero-order valence-corrected chi connectivity index (χ0v) is 21.3. The summed E-state index contributed by atoms with van der Waals surface area (Å²) in [5.74, 6) is 1.91. The second-order valence-electron chi connectivity index (χ2n) is 7.68. The third-order valence-electron chi connectivity index (χ3n) is 5.08. The summed E-state index contributed by atoms with van der Waals surface area (Å²) in [6.07, 6.45) is 3.54. The average molecular weight is 437 g/mol. The molecule has 5 nitrogen and oxygen atoms in total. The van der Waals surface area contributed by atoms with Crippen molar-refractivity contribution in [2.45, 2.75) is 67.7 Å². The average Bonchev–Trinajstić information content (AvgIpc) is 2.81. The Morgan fingerprint density at radius 1 is 1.13 bits per heavy atom. The highest BCUT2D eigenvalue weighted by Crippen LogP contribution is 2.15. The Hall–Kier alpha value is -1.59. The predicted octanol–water partition coefficient (Wildman–Crippen LogP) is 5.41. The van der Waals surface area contributed by atoms with Crippen LogP contribution in [0.1, 0.15) is 66.4 Å². The standard InChI is InChI=1S/C14H21NO2.C8H15NO.2C2H6/c1-13-4-2-5-14(12-13)17-9-3-6-15-7-10-16-11-8-15;1-7-4-3-5-9(6-7)8(2)10;2*1-2/h2,4-5,12H,3,6-11H2,1H3;7H,3-6H2,1-2H3;2*1-2H3. The first-order valence-electron chi connectivity index (χ1n) is 12.3. The summed E-state index contributed by atoms with van der Waals surface area (Å²) in [6, 6.07) is 8.21. The van der Waals surface area contributed by atoms with E-state index in [1.807, 2.05) is 44.7 Å². The van der Waals surface area contributed by atoms with E-state index in [2.05, 4.69) is 30.9 Å². The molecule has 0 spiro atoms. The van der Waals surface area contributed by atoms with Gasteiger partial charge >= 0.3 is 0 Å². The molecule has 0 aliphatic carbocycles. The molecule has 0 bridgehead atoms. The molecule has 180 valence electrons. The molecular formula is C26H48N2O3. The molecule has 2 heterocycles. The number of carbonyl (C=O) groups excluding carboxylic acids is 1. The Kier molecular flexibility index (Phi) is 18.1. The van der Waals surface area contributed by atoms with Gasteiger partial charge in [-0.15, -0.1) is 0 Å². The largest absolute Gasteiger partial charge is 0.494 e. The number of hydrogen-bond acceptors (Lipinski definition) is 4. The first-order chi connectivity index (χ1) is 15.0. The summed E-state index contributed by atoms with van der Waals surface area (Å²) in [5.41, 5.74) is 1.25. The van der Waals surface area contributed by atoms with Gasteiger partial charge < -0.3 is 14.4 Å². The molecule has 1 aromatic rings. The predicted molar refractivity (Wildman–Crippen MR) is 132 cm³/mol. The summed E-state index contributed by atoms with van der Waals surface area (Å²) in [6.45, 7) is 21.6. The van der Waals surface area contributed by atoms with E-state index in [1.54, 1.807) is 6.92 Å². The van der Waals surface area contributed by atoms with Crippen LogP contribution >= 0.6 is 0 Å². The monoisotopic (exact) mass is 436 g/mol. The number of ether oxygens (including phenoxy) is 2. The second-order valence-corrected chi connectivity index (χ2v) is 7.68. The third-order valence-corrected chi connectivity index (χ3v) is 5.08. The minimum atomic E-state index is 0.228. The molecule has 2 fully saturated rings. The van der Waals surface area contributed by atoms with Gasteiger partial charge in [0.25, 0.3) is 0 Å². The minimum Gasteiger partial charge on any atom is -0.494 e. The van der Waals surface area contributed by atoms with Crippen molar-refractivity contribution < 1.29 is 14.3 Å². The molecule has 2 aliphatic heterocycles. The molecule has 1 amide bonds. The molecule has 0 radical (unpaired) electrons. The van der Waals surface area contributed by atoms with Gasteiger partial charge in [0.1, 0.15) is 5.75 Å². The minimum absolute atomic E-state index is 0.228. The fourth-order valence-corrected chi connectivity index (χ4v) is 3.48. The van der Waals surface area contributed by atoms with Crippen LogP contribution in [0.4, 0.5) is 0 Å². The summed E-state index contributed by atoms with van der Waals surface area (Å²) >= 11 is 0. The lowest BCUT2D eigenvalue weighted by atomic mass is 10.0. The van der Waals surface area contributed by atoms with Crippen LogP contribution in [0, 0.1) is 12.8 Å². The number of hydrogen-bond donors (Lipinski definition) is 0. The van der Waals surface area contributed by atoms with E-state index in [0.29, 0.717) is 5.92 Å². The van der Waals surface area contributed by atoms with Gasteiger partial charge in [-0.1, -0.05) is 46.8 Å². The lowest BCUT2D eigenvalue weighted by Gasteiger charge is -2.29. The van der Waals surface area contributed by atoms with Crippen molar-refractivity contribution in [2.24, 2.45) is 5.92 Å². The van der Waals surface area contributed by atoms with E-state index in [0.717, 1.165) is 64.7 Å². The Labute approximate surface area is 192 Å². The highest BCUT2D eigenvalue weighted by Gasteiger charge is 2.17. The Bertz CT molecular complexity index is 559. The maximum atomic E-state index is 10.9. The van der Waals surface area contributed by atoms with Crippen molar-refractivity contribution in [1.29, 1.82) is 0 Å². The topological polar surface area (TPSA) is 42.0 Å². The molecule has 0 N–H and O–H groups in total. The highest BCUT2D eigenvalue weighted by atomic mass is 16.5. The van der Waals surface area contributed by atoms with Crippen LogP contribution in [0.3, 0.4) is 0 Å². The summed E-state index contributed by atoms with van der Waals surface area (Å²) in [5, 5.41) is 0. The zero-order valence-electron chi connectivity index (χ0n) is 21.3. The lowest BCUT2D eigenvalue weighted by Crippen LogP contribution is -2.37. The number of amides is 1. The van der Waals surface area contributed by atoms with Crippen LogP contribution in [-0.4, -0.2) is 68.3 Å². The Balaban J connectivity index is 0.000000549. The van der Waals surface area contributed by atoms with E-state index < -0.39 is 0 Å². The van der Waals surface area contributed by atoms with Gasteiger partial charge in [0.2, 0.25) is 5.91 Å². The number of piperidine rings is 1. The van der Waals surface area contributed by atoms with Gasteiger partial charge in [0.15, 0.2) is 0 Å². The highest BCUT2D eigenvalue weighted by molar-refractivity contribution is 5.73. The van der Waals surface area contributed by atoms with Crippen molar-refractivity contribution in [3.05, 3.63) is 29.8 Å². The number of aryl methyl sites for hydroxylation is 1. The summed E-state index contributed by atoms with van der Waals surface area (Å²) in [4.78, 5) is 15.2. The van der Waals surface area contributed by atoms with E-state index in [4.69, 9.17) is 9.47 Å². The van der Waals surface area contributed by atoms with E-state index in [1.165, 1.54) is 18.4 Å². The fourth-order valence-electron chi connectivity index (χ4n) is 3.48.